The Morgan fingerprint density at radius 1 is 1.44 bits per heavy atom. The Kier molecular flexibility index (Phi) is 4.16. The number of anilines is 1. The predicted octanol–water partition coefficient (Wildman–Crippen LogP) is 2.41. The van der Waals surface area contributed by atoms with Crippen LogP contribution in [-0.2, 0) is 4.79 Å². The van der Waals surface area contributed by atoms with E-state index in [9.17, 15) is 4.79 Å². The minimum atomic E-state index is -0.0537. The van der Waals surface area contributed by atoms with E-state index in [1.54, 1.807) is 0 Å². The van der Waals surface area contributed by atoms with Gasteiger partial charge in [-0.1, -0.05) is 23.5 Å². The fraction of sp³-hybridized carbons (Fsp3) is 0.333. The Bertz CT molecular complexity index is 518. The molecule has 2 N–H and O–H groups in total. The molecular formula is C12H14ClN3OS. The summed E-state index contributed by atoms with van der Waals surface area (Å²) in [7, 11) is 0. The molecule has 1 aliphatic heterocycles. The molecule has 1 aromatic heterocycles. The van der Waals surface area contributed by atoms with Crippen LogP contribution in [0.4, 0.5) is 5.13 Å². The van der Waals surface area contributed by atoms with E-state index in [-0.39, 0.29) is 24.4 Å². The number of carbonyl (C=O) groups is 1. The van der Waals surface area contributed by atoms with Crippen LogP contribution in [0.5, 0.6) is 0 Å². The van der Waals surface area contributed by atoms with Crippen molar-refractivity contribution in [1.82, 2.24) is 10.3 Å². The lowest BCUT2D eigenvalue weighted by molar-refractivity contribution is -0.117. The van der Waals surface area contributed by atoms with Crippen molar-refractivity contribution in [3.05, 3.63) is 24.3 Å². The summed E-state index contributed by atoms with van der Waals surface area (Å²) in [5, 5.41) is 6.74. The van der Waals surface area contributed by atoms with E-state index >= 15 is 0 Å². The second-order valence-electron chi connectivity index (χ2n) is 4.12. The standard InChI is InChI=1S/C12H13N3OS.ClH/c16-11(9-5-3-7-13-9)15-12-14-8-4-1-2-6-10(8)17-12;/h1-2,4,6,9,13H,3,5,7H2,(H,14,15,16);1H. The molecule has 0 aliphatic carbocycles. The van der Waals surface area contributed by atoms with Gasteiger partial charge in [-0.3, -0.25) is 4.79 Å². The average molecular weight is 284 g/mol. The summed E-state index contributed by atoms with van der Waals surface area (Å²) in [6.07, 6.45) is 1.98. The monoisotopic (exact) mass is 283 g/mol. The first-order chi connectivity index (χ1) is 8.33. The molecule has 2 aromatic rings. The van der Waals surface area contributed by atoms with Crippen molar-refractivity contribution in [2.75, 3.05) is 11.9 Å². The van der Waals surface area contributed by atoms with Gasteiger partial charge in [0.15, 0.2) is 5.13 Å². The van der Waals surface area contributed by atoms with E-state index in [4.69, 9.17) is 0 Å². The molecule has 18 heavy (non-hydrogen) atoms. The zero-order valence-corrected chi connectivity index (χ0v) is 11.3. The van der Waals surface area contributed by atoms with Crippen LogP contribution in [0.1, 0.15) is 12.8 Å². The van der Waals surface area contributed by atoms with E-state index in [2.05, 4.69) is 15.6 Å². The Balaban J connectivity index is 0.00000120. The second kappa shape index (κ2) is 5.65. The molecule has 1 aromatic carbocycles. The number of para-hydroxylation sites is 1. The molecule has 6 heteroatoms. The first kappa shape index (κ1) is 13.3. The fourth-order valence-corrected chi connectivity index (χ4v) is 2.90. The number of nitrogens with one attached hydrogen (secondary N) is 2. The molecule has 1 aliphatic rings. The molecule has 2 heterocycles. The van der Waals surface area contributed by atoms with Gasteiger partial charge in [0.25, 0.3) is 0 Å². The van der Waals surface area contributed by atoms with Crippen LogP contribution in [0.2, 0.25) is 0 Å². The number of carbonyl (C=O) groups excluding carboxylic acids is 1. The minimum absolute atomic E-state index is 0. The maximum atomic E-state index is 11.9. The van der Waals surface area contributed by atoms with Gasteiger partial charge in [0.05, 0.1) is 16.3 Å². The summed E-state index contributed by atoms with van der Waals surface area (Å²) >= 11 is 1.51. The zero-order valence-electron chi connectivity index (χ0n) is 9.68. The molecule has 0 saturated carbocycles. The van der Waals surface area contributed by atoms with Gasteiger partial charge in [0.2, 0.25) is 5.91 Å². The molecule has 0 bridgehead atoms. The molecule has 1 amide bonds. The number of fused-ring (bicyclic) bond motifs is 1. The lowest BCUT2D eigenvalue weighted by Crippen LogP contribution is -2.35. The maximum Gasteiger partial charge on any atom is 0.243 e. The normalized spacial score (nSPS) is 18.6. The van der Waals surface area contributed by atoms with Gasteiger partial charge in [0.1, 0.15) is 0 Å². The smallest absolute Gasteiger partial charge is 0.243 e. The van der Waals surface area contributed by atoms with Gasteiger partial charge in [-0.2, -0.15) is 0 Å². The first-order valence-corrected chi connectivity index (χ1v) is 6.54. The SMILES string of the molecule is Cl.O=C(Nc1nc2ccccc2s1)C1CCCN1. The molecule has 4 nitrogen and oxygen atoms in total. The average Bonchev–Trinajstić information content (AvgIpc) is 2.97. The van der Waals surface area contributed by atoms with E-state index in [1.165, 1.54) is 11.3 Å². The topological polar surface area (TPSA) is 54.0 Å². The largest absolute Gasteiger partial charge is 0.306 e. The molecule has 3 rings (SSSR count). The number of hydrogen-bond donors (Lipinski definition) is 2. The lowest BCUT2D eigenvalue weighted by atomic mass is 10.2. The molecule has 1 saturated heterocycles. The van der Waals surface area contributed by atoms with E-state index in [0.29, 0.717) is 5.13 Å². The molecule has 1 unspecified atom stereocenters. The Labute approximate surface area is 115 Å². The maximum absolute atomic E-state index is 11.9. The van der Waals surface area contributed by atoms with Crippen LogP contribution in [-0.4, -0.2) is 23.5 Å². The van der Waals surface area contributed by atoms with Gasteiger partial charge >= 0.3 is 0 Å². The quantitative estimate of drug-likeness (QED) is 0.890. The summed E-state index contributed by atoms with van der Waals surface area (Å²) < 4.78 is 1.10. The zero-order chi connectivity index (χ0) is 11.7. The van der Waals surface area contributed by atoms with Crippen molar-refractivity contribution in [3.8, 4) is 0 Å². The summed E-state index contributed by atoms with van der Waals surface area (Å²) in [5.74, 6) is 0.0292. The van der Waals surface area contributed by atoms with E-state index in [0.717, 1.165) is 29.6 Å². The number of thiazole rings is 1. The van der Waals surface area contributed by atoms with Crippen molar-refractivity contribution >= 4 is 45.0 Å². The predicted molar refractivity (Wildman–Crippen MR) is 76.5 cm³/mol. The van der Waals surface area contributed by atoms with Crippen molar-refractivity contribution in [2.45, 2.75) is 18.9 Å². The molecule has 1 atom stereocenters. The number of nitrogens with zero attached hydrogens (tertiary/aromatic N) is 1. The highest BCUT2D eigenvalue weighted by Gasteiger charge is 2.22. The Morgan fingerprint density at radius 2 is 2.28 bits per heavy atom. The summed E-state index contributed by atoms with van der Waals surface area (Å²) in [4.78, 5) is 16.3. The van der Waals surface area contributed by atoms with Crippen molar-refractivity contribution in [1.29, 1.82) is 0 Å². The van der Waals surface area contributed by atoms with Gasteiger partial charge < -0.3 is 10.6 Å². The van der Waals surface area contributed by atoms with Crippen LogP contribution in [0.15, 0.2) is 24.3 Å². The Morgan fingerprint density at radius 3 is 3.00 bits per heavy atom. The second-order valence-corrected chi connectivity index (χ2v) is 5.16. The first-order valence-electron chi connectivity index (χ1n) is 5.73. The highest BCUT2D eigenvalue weighted by Crippen LogP contribution is 2.25. The van der Waals surface area contributed by atoms with Gasteiger partial charge in [-0.05, 0) is 31.5 Å². The molecular weight excluding hydrogens is 270 g/mol. The van der Waals surface area contributed by atoms with Gasteiger partial charge in [-0.25, -0.2) is 4.98 Å². The van der Waals surface area contributed by atoms with Crippen molar-refractivity contribution in [2.24, 2.45) is 0 Å². The van der Waals surface area contributed by atoms with Crippen LogP contribution in [0.25, 0.3) is 10.2 Å². The minimum Gasteiger partial charge on any atom is -0.306 e. The fourth-order valence-electron chi connectivity index (χ4n) is 2.03. The van der Waals surface area contributed by atoms with Crippen LogP contribution >= 0.6 is 23.7 Å². The van der Waals surface area contributed by atoms with E-state index < -0.39 is 0 Å². The van der Waals surface area contributed by atoms with E-state index in [1.807, 2.05) is 24.3 Å². The van der Waals surface area contributed by atoms with Crippen LogP contribution in [0.3, 0.4) is 0 Å². The van der Waals surface area contributed by atoms with Crippen molar-refractivity contribution in [3.63, 3.8) is 0 Å². The summed E-state index contributed by atoms with van der Waals surface area (Å²) in [5.41, 5.74) is 0.937. The Hall–Kier alpha value is -1.17. The number of hydrogen-bond acceptors (Lipinski definition) is 4. The van der Waals surface area contributed by atoms with Gasteiger partial charge in [-0.15, -0.1) is 12.4 Å². The summed E-state index contributed by atoms with van der Waals surface area (Å²) in [6, 6.07) is 7.84. The van der Waals surface area contributed by atoms with Crippen molar-refractivity contribution < 1.29 is 4.79 Å². The third-order valence-corrected chi connectivity index (χ3v) is 3.85. The molecule has 0 spiro atoms. The number of amides is 1. The third-order valence-electron chi connectivity index (χ3n) is 2.90. The number of rotatable bonds is 2. The molecule has 1 fully saturated rings. The number of benzene rings is 1. The van der Waals surface area contributed by atoms with Gasteiger partial charge in [0, 0.05) is 0 Å². The highest BCUT2D eigenvalue weighted by atomic mass is 35.5. The van der Waals surface area contributed by atoms with Crippen LogP contribution < -0.4 is 10.6 Å². The summed E-state index contributed by atoms with van der Waals surface area (Å²) in [6.45, 7) is 0.929. The molecule has 96 valence electrons. The number of halogens is 1. The highest BCUT2D eigenvalue weighted by molar-refractivity contribution is 7.22. The third kappa shape index (κ3) is 2.63. The van der Waals surface area contributed by atoms with Crippen LogP contribution in [0, 0.1) is 0 Å². The molecule has 0 radical (unpaired) electrons. The lowest BCUT2D eigenvalue weighted by Gasteiger charge is -2.08. The number of aromatic nitrogens is 1.